The minimum atomic E-state index is -0.258. The van der Waals surface area contributed by atoms with Gasteiger partial charge in [0, 0.05) is 12.2 Å². The van der Waals surface area contributed by atoms with Crippen LogP contribution in [0.25, 0.3) is 0 Å². The van der Waals surface area contributed by atoms with Gasteiger partial charge in [0.1, 0.15) is 6.04 Å². The van der Waals surface area contributed by atoms with Gasteiger partial charge >= 0.3 is 0 Å². The Kier molecular flexibility index (Phi) is 2.62. The average molecular weight is 204 g/mol. The summed E-state index contributed by atoms with van der Waals surface area (Å²) in [5.41, 5.74) is 7.82. The monoisotopic (exact) mass is 204 g/mol. The quantitative estimate of drug-likeness (QED) is 0.789. The number of para-hydroxylation sites is 1. The second-order valence-electron chi connectivity index (χ2n) is 4.00. The van der Waals surface area contributed by atoms with Gasteiger partial charge in [-0.05, 0) is 31.4 Å². The van der Waals surface area contributed by atoms with Gasteiger partial charge in [-0.25, -0.2) is 0 Å². The van der Waals surface area contributed by atoms with E-state index in [0.29, 0.717) is 0 Å². The van der Waals surface area contributed by atoms with Gasteiger partial charge in [-0.2, -0.15) is 0 Å². The Morgan fingerprint density at radius 1 is 1.47 bits per heavy atom. The number of benzene rings is 1. The summed E-state index contributed by atoms with van der Waals surface area (Å²) in [5.74, 6) is -0.258. The Morgan fingerprint density at radius 2 is 2.20 bits per heavy atom. The minimum absolute atomic E-state index is 0.216. The summed E-state index contributed by atoms with van der Waals surface area (Å²) < 4.78 is 0. The molecule has 0 unspecified atom stereocenters. The van der Waals surface area contributed by atoms with Crippen LogP contribution in [-0.2, 0) is 11.2 Å². The molecule has 0 aromatic heterocycles. The molecule has 3 heteroatoms. The van der Waals surface area contributed by atoms with Gasteiger partial charge in [-0.1, -0.05) is 18.2 Å². The predicted molar refractivity (Wildman–Crippen MR) is 60.8 cm³/mol. The van der Waals surface area contributed by atoms with E-state index in [2.05, 4.69) is 17.0 Å². The van der Waals surface area contributed by atoms with Gasteiger partial charge in [-0.15, -0.1) is 0 Å². The van der Waals surface area contributed by atoms with Crippen LogP contribution in [0, 0.1) is 0 Å². The SMILES string of the molecule is C[C@H](C(N)=O)N1CCCc2ccccc21. The van der Waals surface area contributed by atoms with Crippen molar-refractivity contribution < 1.29 is 4.79 Å². The number of rotatable bonds is 2. The Morgan fingerprint density at radius 3 is 2.93 bits per heavy atom. The smallest absolute Gasteiger partial charge is 0.239 e. The normalized spacial score (nSPS) is 17.0. The lowest BCUT2D eigenvalue weighted by molar-refractivity contribution is -0.119. The number of primary amides is 1. The number of fused-ring (bicyclic) bond motifs is 1. The summed E-state index contributed by atoms with van der Waals surface area (Å²) in [6, 6.07) is 8.01. The summed E-state index contributed by atoms with van der Waals surface area (Å²) in [6.07, 6.45) is 2.19. The van der Waals surface area contributed by atoms with E-state index in [4.69, 9.17) is 5.73 Å². The van der Waals surface area contributed by atoms with Crippen LogP contribution in [0.2, 0.25) is 0 Å². The zero-order valence-electron chi connectivity index (χ0n) is 8.94. The van der Waals surface area contributed by atoms with Crippen LogP contribution < -0.4 is 10.6 Å². The molecule has 0 spiro atoms. The van der Waals surface area contributed by atoms with Crippen LogP contribution in [0.3, 0.4) is 0 Å². The summed E-state index contributed by atoms with van der Waals surface area (Å²) in [5, 5.41) is 0. The second-order valence-corrected chi connectivity index (χ2v) is 4.00. The van der Waals surface area contributed by atoms with E-state index in [0.717, 1.165) is 25.1 Å². The highest BCUT2D eigenvalue weighted by atomic mass is 16.1. The number of nitrogens with two attached hydrogens (primary N) is 1. The maximum Gasteiger partial charge on any atom is 0.239 e. The first-order valence-electron chi connectivity index (χ1n) is 5.34. The number of amides is 1. The molecular formula is C12H16N2O. The molecule has 1 heterocycles. The fourth-order valence-electron chi connectivity index (χ4n) is 2.12. The largest absolute Gasteiger partial charge is 0.368 e. The van der Waals surface area contributed by atoms with Crippen molar-refractivity contribution in [1.29, 1.82) is 0 Å². The Hall–Kier alpha value is -1.51. The lowest BCUT2D eigenvalue weighted by Gasteiger charge is -2.34. The Balaban J connectivity index is 2.33. The lowest BCUT2D eigenvalue weighted by atomic mass is 10.0. The molecule has 0 fully saturated rings. The van der Waals surface area contributed by atoms with Gasteiger partial charge in [0.2, 0.25) is 5.91 Å². The lowest BCUT2D eigenvalue weighted by Crippen LogP contribution is -2.45. The van der Waals surface area contributed by atoms with Gasteiger partial charge in [-0.3, -0.25) is 4.79 Å². The third-order valence-corrected chi connectivity index (χ3v) is 3.03. The molecule has 3 nitrogen and oxygen atoms in total. The van der Waals surface area contributed by atoms with Crippen molar-refractivity contribution in [3.05, 3.63) is 29.8 Å². The molecule has 0 aliphatic carbocycles. The number of hydrogen-bond donors (Lipinski definition) is 1. The van der Waals surface area contributed by atoms with E-state index in [1.807, 2.05) is 19.1 Å². The van der Waals surface area contributed by atoms with Crippen molar-refractivity contribution in [1.82, 2.24) is 0 Å². The van der Waals surface area contributed by atoms with E-state index in [1.165, 1.54) is 5.56 Å². The first-order chi connectivity index (χ1) is 7.20. The molecule has 1 atom stereocenters. The van der Waals surface area contributed by atoms with Crippen molar-refractivity contribution in [2.45, 2.75) is 25.8 Å². The second kappa shape index (κ2) is 3.93. The molecular weight excluding hydrogens is 188 g/mol. The average Bonchev–Trinajstić information content (AvgIpc) is 2.27. The van der Waals surface area contributed by atoms with Gasteiger partial charge in [0.05, 0.1) is 0 Å². The van der Waals surface area contributed by atoms with E-state index in [1.54, 1.807) is 0 Å². The van der Waals surface area contributed by atoms with Crippen LogP contribution in [-0.4, -0.2) is 18.5 Å². The number of nitrogens with zero attached hydrogens (tertiary/aromatic N) is 1. The third kappa shape index (κ3) is 1.82. The van der Waals surface area contributed by atoms with Crippen LogP contribution in [0.4, 0.5) is 5.69 Å². The predicted octanol–water partition coefficient (Wildman–Crippen LogP) is 1.31. The number of hydrogen-bond acceptors (Lipinski definition) is 2. The summed E-state index contributed by atoms with van der Waals surface area (Å²) in [6.45, 7) is 2.78. The molecule has 1 aromatic carbocycles. The number of carbonyl (C=O) groups excluding carboxylic acids is 1. The van der Waals surface area contributed by atoms with Gasteiger partial charge in [0.15, 0.2) is 0 Å². The summed E-state index contributed by atoms with van der Waals surface area (Å²) in [7, 11) is 0. The van der Waals surface area contributed by atoms with Crippen LogP contribution in [0.15, 0.2) is 24.3 Å². The van der Waals surface area contributed by atoms with Gasteiger partial charge < -0.3 is 10.6 Å². The Labute approximate surface area is 89.9 Å². The molecule has 2 rings (SSSR count). The number of anilines is 1. The molecule has 1 aliphatic heterocycles. The van der Waals surface area contributed by atoms with Crippen LogP contribution in [0.5, 0.6) is 0 Å². The number of aryl methyl sites for hydroxylation is 1. The molecule has 1 aromatic rings. The standard InChI is InChI=1S/C12H16N2O/c1-9(12(13)15)14-8-4-6-10-5-2-3-7-11(10)14/h2-3,5,7,9H,4,6,8H2,1H3,(H2,13,15)/t9-/m1/s1. The summed E-state index contributed by atoms with van der Waals surface area (Å²) >= 11 is 0. The van der Waals surface area contributed by atoms with E-state index >= 15 is 0 Å². The third-order valence-electron chi connectivity index (χ3n) is 3.03. The highest BCUT2D eigenvalue weighted by molar-refractivity contribution is 5.83. The fraction of sp³-hybridized carbons (Fsp3) is 0.417. The van der Waals surface area contributed by atoms with Crippen molar-refractivity contribution in [2.75, 3.05) is 11.4 Å². The summed E-state index contributed by atoms with van der Waals surface area (Å²) in [4.78, 5) is 13.3. The molecule has 1 aliphatic rings. The molecule has 0 bridgehead atoms. The van der Waals surface area contributed by atoms with E-state index in [-0.39, 0.29) is 11.9 Å². The van der Waals surface area contributed by atoms with E-state index < -0.39 is 0 Å². The highest BCUT2D eigenvalue weighted by Gasteiger charge is 2.23. The molecule has 0 saturated carbocycles. The minimum Gasteiger partial charge on any atom is -0.368 e. The molecule has 15 heavy (non-hydrogen) atoms. The maximum atomic E-state index is 11.2. The Bertz CT molecular complexity index is 376. The van der Waals surface area contributed by atoms with Crippen LogP contribution in [0.1, 0.15) is 18.9 Å². The van der Waals surface area contributed by atoms with E-state index in [9.17, 15) is 4.79 Å². The van der Waals surface area contributed by atoms with Crippen LogP contribution >= 0.6 is 0 Å². The van der Waals surface area contributed by atoms with Crippen molar-refractivity contribution >= 4 is 11.6 Å². The molecule has 0 radical (unpaired) electrons. The first kappa shape index (κ1) is 10.0. The molecule has 2 N–H and O–H groups in total. The maximum absolute atomic E-state index is 11.2. The number of carbonyl (C=O) groups is 1. The topological polar surface area (TPSA) is 46.3 Å². The molecule has 80 valence electrons. The van der Waals surface area contributed by atoms with Crippen molar-refractivity contribution in [3.8, 4) is 0 Å². The van der Waals surface area contributed by atoms with Gasteiger partial charge in [0.25, 0.3) is 0 Å². The first-order valence-corrected chi connectivity index (χ1v) is 5.34. The molecule has 1 amide bonds. The molecule has 0 saturated heterocycles. The zero-order valence-corrected chi connectivity index (χ0v) is 8.94. The highest BCUT2D eigenvalue weighted by Crippen LogP contribution is 2.28. The zero-order chi connectivity index (χ0) is 10.8. The van der Waals surface area contributed by atoms with Crippen molar-refractivity contribution in [3.63, 3.8) is 0 Å². The fourth-order valence-corrected chi connectivity index (χ4v) is 2.12. The van der Waals surface area contributed by atoms with Crippen molar-refractivity contribution in [2.24, 2.45) is 5.73 Å².